The van der Waals surface area contributed by atoms with Gasteiger partial charge in [0.15, 0.2) is 5.69 Å². The second-order valence-corrected chi connectivity index (χ2v) is 5.62. The van der Waals surface area contributed by atoms with Gasteiger partial charge in [0.1, 0.15) is 0 Å². The number of H-pyrrole nitrogens is 1. The smallest absolute Gasteiger partial charge is 0.275 e. The maximum Gasteiger partial charge on any atom is 0.275 e. The molecule has 2 heterocycles. The van der Waals surface area contributed by atoms with Crippen molar-refractivity contribution in [3.8, 4) is 0 Å². The van der Waals surface area contributed by atoms with Crippen LogP contribution in [0, 0.1) is 0 Å². The molecule has 0 radical (unpaired) electrons. The number of nitrogens with zero attached hydrogens (tertiary/aromatic N) is 2. The van der Waals surface area contributed by atoms with Crippen LogP contribution in [-0.2, 0) is 0 Å². The minimum atomic E-state index is 0.0444. The molecule has 2 N–H and O–H groups in total. The Morgan fingerprint density at radius 2 is 2.29 bits per heavy atom. The number of hydrogen-bond donors (Lipinski definition) is 2. The average molecular weight is 286 g/mol. The second kappa shape index (κ2) is 6.26. The van der Waals surface area contributed by atoms with E-state index in [1.165, 1.54) is 0 Å². The van der Waals surface area contributed by atoms with Crippen LogP contribution in [0.3, 0.4) is 0 Å². The summed E-state index contributed by atoms with van der Waals surface area (Å²) in [6.07, 6.45) is 3.16. The number of nitrogens with one attached hydrogen (secondary N) is 2. The van der Waals surface area contributed by atoms with Gasteiger partial charge in [-0.05, 0) is 31.9 Å². The number of benzene rings is 1. The number of carbonyl (C=O) groups excluding carboxylic acids is 1. The minimum Gasteiger partial charge on any atom is -0.333 e. The molecule has 1 aromatic carbocycles. The van der Waals surface area contributed by atoms with Crippen molar-refractivity contribution in [2.45, 2.75) is 32.2 Å². The van der Waals surface area contributed by atoms with Crippen LogP contribution in [0.25, 0.3) is 10.9 Å². The maximum absolute atomic E-state index is 12.9. The van der Waals surface area contributed by atoms with Gasteiger partial charge >= 0.3 is 0 Å². The largest absolute Gasteiger partial charge is 0.333 e. The predicted molar refractivity (Wildman–Crippen MR) is 83.3 cm³/mol. The molecule has 1 atom stereocenters. The Labute approximate surface area is 124 Å². The number of para-hydroxylation sites is 1. The molecule has 0 aliphatic carbocycles. The van der Waals surface area contributed by atoms with Gasteiger partial charge in [-0.25, -0.2) is 0 Å². The van der Waals surface area contributed by atoms with E-state index < -0.39 is 0 Å². The van der Waals surface area contributed by atoms with Gasteiger partial charge in [0.05, 0.1) is 5.52 Å². The molecule has 0 bridgehead atoms. The molecule has 5 nitrogen and oxygen atoms in total. The van der Waals surface area contributed by atoms with Gasteiger partial charge in [-0.3, -0.25) is 9.89 Å². The topological polar surface area (TPSA) is 61.0 Å². The average Bonchev–Trinajstić information content (AvgIpc) is 2.97. The number of aromatic amines is 1. The van der Waals surface area contributed by atoms with E-state index in [-0.39, 0.29) is 11.9 Å². The summed E-state index contributed by atoms with van der Waals surface area (Å²) in [5.74, 6) is 0.0444. The number of amides is 1. The van der Waals surface area contributed by atoms with Gasteiger partial charge in [-0.15, -0.1) is 0 Å². The van der Waals surface area contributed by atoms with E-state index >= 15 is 0 Å². The molecule has 1 amide bonds. The highest BCUT2D eigenvalue weighted by Gasteiger charge is 2.27. The first-order chi connectivity index (χ1) is 10.3. The molecule has 1 unspecified atom stereocenters. The van der Waals surface area contributed by atoms with E-state index in [1.54, 1.807) is 0 Å². The number of aromatic nitrogens is 2. The van der Waals surface area contributed by atoms with Gasteiger partial charge in [0.25, 0.3) is 5.91 Å². The van der Waals surface area contributed by atoms with E-state index in [0.717, 1.165) is 49.8 Å². The van der Waals surface area contributed by atoms with E-state index in [2.05, 4.69) is 22.4 Å². The summed E-state index contributed by atoms with van der Waals surface area (Å²) in [5.41, 5.74) is 1.46. The highest BCUT2D eigenvalue weighted by molar-refractivity contribution is 6.04. The normalized spacial score (nSPS) is 18.8. The molecular formula is C16H22N4O. The van der Waals surface area contributed by atoms with Crippen LogP contribution in [0.2, 0.25) is 0 Å². The zero-order valence-corrected chi connectivity index (χ0v) is 12.4. The predicted octanol–water partition coefficient (Wildman–Crippen LogP) is 2.17. The SMILES string of the molecule is CCCN(C(=O)c1n[nH]c2ccccc12)C1CCCNC1. The van der Waals surface area contributed by atoms with Gasteiger partial charge < -0.3 is 10.2 Å². The Morgan fingerprint density at radius 1 is 1.43 bits per heavy atom. The van der Waals surface area contributed by atoms with Gasteiger partial charge in [0, 0.05) is 24.5 Å². The lowest BCUT2D eigenvalue weighted by Crippen LogP contribution is -2.49. The van der Waals surface area contributed by atoms with E-state index in [9.17, 15) is 4.79 Å². The van der Waals surface area contributed by atoms with E-state index in [4.69, 9.17) is 0 Å². The lowest BCUT2D eigenvalue weighted by Gasteiger charge is -2.34. The fraction of sp³-hybridized carbons (Fsp3) is 0.500. The molecule has 0 spiro atoms. The Morgan fingerprint density at radius 3 is 3.05 bits per heavy atom. The van der Waals surface area contributed by atoms with Crippen molar-refractivity contribution in [1.29, 1.82) is 0 Å². The van der Waals surface area contributed by atoms with Crippen LogP contribution in [0.5, 0.6) is 0 Å². The number of hydrogen-bond acceptors (Lipinski definition) is 3. The van der Waals surface area contributed by atoms with Crippen LogP contribution >= 0.6 is 0 Å². The summed E-state index contributed by atoms with van der Waals surface area (Å²) in [4.78, 5) is 14.9. The summed E-state index contributed by atoms with van der Waals surface area (Å²) in [6.45, 7) is 4.83. The summed E-state index contributed by atoms with van der Waals surface area (Å²) < 4.78 is 0. The Balaban J connectivity index is 1.89. The van der Waals surface area contributed by atoms with Crippen molar-refractivity contribution >= 4 is 16.8 Å². The molecule has 2 aromatic rings. The third-order valence-corrected chi connectivity index (χ3v) is 4.11. The summed E-state index contributed by atoms with van der Waals surface area (Å²) >= 11 is 0. The summed E-state index contributed by atoms with van der Waals surface area (Å²) in [5, 5.41) is 11.5. The summed E-state index contributed by atoms with van der Waals surface area (Å²) in [6, 6.07) is 8.08. The van der Waals surface area contributed by atoms with E-state index in [0.29, 0.717) is 5.69 Å². The van der Waals surface area contributed by atoms with Crippen molar-refractivity contribution in [3.63, 3.8) is 0 Å². The highest BCUT2D eigenvalue weighted by atomic mass is 16.2. The quantitative estimate of drug-likeness (QED) is 0.905. The Hall–Kier alpha value is -1.88. The zero-order valence-electron chi connectivity index (χ0n) is 12.4. The lowest BCUT2D eigenvalue weighted by molar-refractivity contribution is 0.0645. The molecule has 5 heteroatoms. The molecule has 21 heavy (non-hydrogen) atoms. The third kappa shape index (κ3) is 2.78. The van der Waals surface area contributed by atoms with Crippen molar-refractivity contribution in [2.24, 2.45) is 0 Å². The van der Waals surface area contributed by atoms with Crippen molar-refractivity contribution < 1.29 is 4.79 Å². The van der Waals surface area contributed by atoms with Crippen molar-refractivity contribution in [1.82, 2.24) is 20.4 Å². The van der Waals surface area contributed by atoms with Crippen LogP contribution in [0.15, 0.2) is 24.3 Å². The molecule has 1 aromatic heterocycles. The van der Waals surface area contributed by atoms with Gasteiger partial charge in [0.2, 0.25) is 0 Å². The summed E-state index contributed by atoms with van der Waals surface area (Å²) in [7, 11) is 0. The molecule has 1 saturated heterocycles. The first kappa shape index (κ1) is 14.1. The highest BCUT2D eigenvalue weighted by Crippen LogP contribution is 2.20. The molecule has 1 aliphatic rings. The zero-order chi connectivity index (χ0) is 14.7. The van der Waals surface area contributed by atoms with Crippen molar-refractivity contribution in [3.05, 3.63) is 30.0 Å². The number of piperidine rings is 1. The number of carbonyl (C=O) groups is 1. The van der Waals surface area contributed by atoms with Crippen molar-refractivity contribution in [2.75, 3.05) is 19.6 Å². The van der Waals surface area contributed by atoms with Gasteiger partial charge in [-0.2, -0.15) is 5.10 Å². The first-order valence-corrected chi connectivity index (χ1v) is 7.76. The number of fused-ring (bicyclic) bond motifs is 1. The molecule has 112 valence electrons. The van der Waals surface area contributed by atoms with E-state index in [1.807, 2.05) is 29.2 Å². The van der Waals surface area contributed by atoms with Crippen LogP contribution in [-0.4, -0.2) is 46.7 Å². The van der Waals surface area contributed by atoms with Crippen LogP contribution in [0.4, 0.5) is 0 Å². The van der Waals surface area contributed by atoms with Crippen LogP contribution < -0.4 is 5.32 Å². The Bertz CT molecular complexity index is 616. The maximum atomic E-state index is 12.9. The molecular weight excluding hydrogens is 264 g/mol. The monoisotopic (exact) mass is 286 g/mol. The van der Waals surface area contributed by atoms with Crippen LogP contribution in [0.1, 0.15) is 36.7 Å². The Kier molecular flexibility index (Phi) is 4.20. The molecule has 3 rings (SSSR count). The van der Waals surface area contributed by atoms with Gasteiger partial charge in [-0.1, -0.05) is 25.1 Å². The fourth-order valence-electron chi connectivity index (χ4n) is 3.05. The second-order valence-electron chi connectivity index (χ2n) is 5.62. The molecule has 1 fully saturated rings. The number of rotatable bonds is 4. The minimum absolute atomic E-state index is 0.0444. The third-order valence-electron chi connectivity index (χ3n) is 4.11. The lowest BCUT2D eigenvalue weighted by atomic mass is 10.0. The molecule has 0 saturated carbocycles. The first-order valence-electron chi connectivity index (χ1n) is 7.76. The fourth-order valence-corrected chi connectivity index (χ4v) is 3.05. The standard InChI is InChI=1S/C16H22N4O/c1-2-10-20(12-6-5-9-17-11-12)16(21)15-13-7-3-4-8-14(13)18-19-15/h3-4,7-8,12,17H,2,5-6,9-11H2,1H3,(H,18,19). The molecule has 1 aliphatic heterocycles.